The molecule has 8 heteroatoms. The Hall–Kier alpha value is -1.48. The molecule has 0 aliphatic heterocycles. The number of fused-ring (bicyclic) bond motifs is 1. The predicted octanol–water partition coefficient (Wildman–Crippen LogP) is 5.70. The van der Waals surface area contributed by atoms with Gasteiger partial charge in [-0.25, -0.2) is 0 Å². The summed E-state index contributed by atoms with van der Waals surface area (Å²) in [6.07, 6.45) is 0. The van der Waals surface area contributed by atoms with Crippen molar-refractivity contribution in [2.24, 2.45) is 0 Å². The molecule has 0 bridgehead atoms. The highest BCUT2D eigenvalue weighted by Gasteiger charge is 2.25. The first-order valence-electron chi connectivity index (χ1n) is 8.16. The Morgan fingerprint density at radius 2 is 1.14 bits per heavy atom. The van der Waals surface area contributed by atoms with Crippen molar-refractivity contribution < 1.29 is 18.9 Å². The molecule has 3 aromatic rings. The van der Waals surface area contributed by atoms with Gasteiger partial charge >= 0.3 is 0 Å². The molecule has 0 aliphatic carbocycles. The molecule has 28 heavy (non-hydrogen) atoms. The van der Waals surface area contributed by atoms with Crippen LogP contribution in [0.25, 0.3) is 21.9 Å². The van der Waals surface area contributed by atoms with Gasteiger partial charge in [-0.05, 0) is 24.3 Å². The zero-order valence-electron chi connectivity index (χ0n) is 15.7. The third-order valence-electron chi connectivity index (χ3n) is 4.47. The first-order valence-corrected chi connectivity index (χ1v) is 9.95. The van der Waals surface area contributed by atoms with Crippen molar-refractivity contribution in [3.63, 3.8) is 0 Å². The minimum atomic E-state index is 0.432. The van der Waals surface area contributed by atoms with Crippen molar-refractivity contribution in [1.29, 1.82) is 0 Å². The third-order valence-corrected chi connectivity index (χ3v) is 6.03. The van der Waals surface area contributed by atoms with E-state index >= 15 is 0 Å². The topological polar surface area (TPSA) is 36.9 Å². The molecule has 0 heterocycles. The molecule has 0 radical (unpaired) electrons. The molecule has 0 fully saturated rings. The first-order chi connectivity index (χ1) is 13.4. The van der Waals surface area contributed by atoms with E-state index in [9.17, 15) is 0 Å². The largest absolute Gasteiger partial charge is 0.493 e. The van der Waals surface area contributed by atoms with E-state index < -0.39 is 0 Å². The molecule has 3 aromatic carbocycles. The summed E-state index contributed by atoms with van der Waals surface area (Å²) in [5.74, 6) is 1.90. The van der Waals surface area contributed by atoms with Crippen molar-refractivity contribution in [1.82, 2.24) is 0 Å². The van der Waals surface area contributed by atoms with Crippen LogP contribution in [-0.2, 0) is 0 Å². The molecule has 0 spiro atoms. The van der Waals surface area contributed by atoms with Crippen LogP contribution in [0.2, 0.25) is 0 Å². The van der Waals surface area contributed by atoms with Gasteiger partial charge in [0.25, 0.3) is 0 Å². The van der Waals surface area contributed by atoms with Crippen LogP contribution in [0.15, 0.2) is 43.8 Å². The van der Waals surface area contributed by atoms with Gasteiger partial charge in [-0.2, -0.15) is 0 Å². The average Bonchev–Trinajstić information content (AvgIpc) is 2.70. The van der Waals surface area contributed by atoms with Gasteiger partial charge in [-0.15, -0.1) is 50.5 Å². The molecule has 4 nitrogen and oxygen atoms in total. The lowest BCUT2D eigenvalue weighted by Crippen LogP contribution is -2.00. The summed E-state index contributed by atoms with van der Waals surface area (Å²) >= 11 is 18.7. The second-order valence-corrected chi connectivity index (χ2v) is 7.76. The van der Waals surface area contributed by atoms with Gasteiger partial charge in [0.1, 0.15) is 0 Å². The summed E-state index contributed by atoms with van der Waals surface area (Å²) < 4.78 is 22.2. The SMILES string of the molecule is COc1cc(-c2cc(S)c3c(S)ccc(S)c3c2S)c(OC)c(OC)c1OC. The number of ether oxygens (including phenoxy) is 4. The number of thiol groups is 4. The highest BCUT2D eigenvalue weighted by molar-refractivity contribution is 7.82. The normalized spacial score (nSPS) is 10.9. The van der Waals surface area contributed by atoms with E-state index in [4.69, 9.17) is 31.6 Å². The smallest absolute Gasteiger partial charge is 0.207 e. The summed E-state index contributed by atoms with van der Waals surface area (Å²) in [5, 5.41) is 1.75. The number of rotatable bonds is 5. The van der Waals surface area contributed by atoms with Crippen LogP contribution >= 0.6 is 50.5 Å². The van der Waals surface area contributed by atoms with E-state index in [0.717, 1.165) is 41.5 Å². The number of methoxy groups -OCH3 is 4. The summed E-state index contributed by atoms with van der Waals surface area (Å²) in [5.41, 5.74) is 1.53. The molecule has 0 amide bonds. The van der Waals surface area contributed by atoms with Crippen LogP contribution in [0.1, 0.15) is 0 Å². The predicted molar refractivity (Wildman–Crippen MR) is 125 cm³/mol. The van der Waals surface area contributed by atoms with E-state index in [0.29, 0.717) is 23.0 Å². The Balaban J connectivity index is 2.46. The van der Waals surface area contributed by atoms with Crippen LogP contribution in [0.3, 0.4) is 0 Å². The molecule has 0 N–H and O–H groups in total. The van der Waals surface area contributed by atoms with Crippen molar-refractivity contribution >= 4 is 61.3 Å². The zero-order valence-corrected chi connectivity index (χ0v) is 19.3. The minimum absolute atomic E-state index is 0.432. The lowest BCUT2D eigenvalue weighted by atomic mass is 9.98. The van der Waals surface area contributed by atoms with Crippen LogP contribution in [-0.4, -0.2) is 28.4 Å². The van der Waals surface area contributed by atoms with Crippen molar-refractivity contribution in [2.45, 2.75) is 19.6 Å². The summed E-state index contributed by atoms with van der Waals surface area (Å²) in [6, 6.07) is 7.53. The fourth-order valence-electron chi connectivity index (χ4n) is 3.23. The Morgan fingerprint density at radius 1 is 0.571 bits per heavy atom. The second kappa shape index (κ2) is 8.49. The monoisotopic (exact) mass is 452 g/mol. The van der Waals surface area contributed by atoms with Gasteiger partial charge in [0.2, 0.25) is 11.5 Å². The number of hydrogen-bond donors (Lipinski definition) is 4. The highest BCUT2D eigenvalue weighted by Crippen LogP contribution is 2.52. The lowest BCUT2D eigenvalue weighted by molar-refractivity contribution is 0.306. The van der Waals surface area contributed by atoms with E-state index in [2.05, 4.69) is 37.9 Å². The van der Waals surface area contributed by atoms with Crippen molar-refractivity contribution in [2.75, 3.05) is 28.4 Å². The molecule has 148 valence electrons. The second-order valence-electron chi connectivity index (χ2n) is 5.87. The van der Waals surface area contributed by atoms with Gasteiger partial charge in [0.15, 0.2) is 11.5 Å². The Bertz CT molecular complexity index is 1070. The summed E-state index contributed by atoms with van der Waals surface area (Å²) in [7, 11) is 6.24. The Labute approximate surface area is 186 Å². The van der Waals surface area contributed by atoms with Crippen LogP contribution in [0.4, 0.5) is 0 Å². The quantitative estimate of drug-likeness (QED) is 0.375. The molecular formula is C20H20O4S4. The Kier molecular flexibility index (Phi) is 6.44. The van der Waals surface area contributed by atoms with Gasteiger partial charge in [-0.1, -0.05) is 0 Å². The lowest BCUT2D eigenvalue weighted by Gasteiger charge is -2.21. The minimum Gasteiger partial charge on any atom is -0.493 e. The molecular weight excluding hydrogens is 432 g/mol. The van der Waals surface area contributed by atoms with Crippen molar-refractivity contribution in [3.05, 3.63) is 24.3 Å². The zero-order chi connectivity index (χ0) is 20.6. The van der Waals surface area contributed by atoms with E-state index in [1.807, 2.05) is 24.3 Å². The average molecular weight is 453 g/mol. The molecule has 0 saturated carbocycles. The van der Waals surface area contributed by atoms with Gasteiger partial charge in [-0.3, -0.25) is 0 Å². The highest BCUT2D eigenvalue weighted by atomic mass is 32.1. The van der Waals surface area contributed by atoms with E-state index in [1.54, 1.807) is 28.4 Å². The molecule has 0 aliphatic rings. The fourth-order valence-corrected chi connectivity index (χ4v) is 4.79. The Morgan fingerprint density at radius 3 is 1.68 bits per heavy atom. The molecule has 0 unspecified atom stereocenters. The van der Waals surface area contributed by atoms with Gasteiger partial charge in [0.05, 0.1) is 28.4 Å². The summed E-state index contributed by atoms with van der Waals surface area (Å²) in [4.78, 5) is 3.05. The number of hydrogen-bond acceptors (Lipinski definition) is 8. The molecule has 0 aromatic heterocycles. The summed E-state index contributed by atoms with van der Waals surface area (Å²) in [6.45, 7) is 0. The fraction of sp³-hybridized carbons (Fsp3) is 0.200. The van der Waals surface area contributed by atoms with Crippen molar-refractivity contribution in [3.8, 4) is 34.1 Å². The van der Waals surface area contributed by atoms with Gasteiger partial charge in [0, 0.05) is 41.5 Å². The van der Waals surface area contributed by atoms with Crippen LogP contribution < -0.4 is 18.9 Å². The third kappa shape index (κ3) is 3.36. The van der Waals surface area contributed by atoms with E-state index in [1.165, 1.54) is 0 Å². The first kappa shape index (κ1) is 21.2. The molecule has 0 atom stereocenters. The molecule has 3 rings (SSSR count). The molecule has 0 saturated heterocycles. The standard InChI is InChI=1S/C20H20O4S4/c1-21-11-7-9(17(22-2)19(24-4)18(11)23-3)10-8-14(27)15-12(25)5-6-13(26)16(15)20(10)28/h5-8,25-28H,1-4H3. The maximum absolute atomic E-state index is 5.67. The van der Waals surface area contributed by atoms with Gasteiger partial charge < -0.3 is 18.9 Å². The maximum atomic E-state index is 5.67. The maximum Gasteiger partial charge on any atom is 0.207 e. The van der Waals surface area contributed by atoms with Crippen LogP contribution in [0.5, 0.6) is 23.0 Å². The van der Waals surface area contributed by atoms with E-state index in [-0.39, 0.29) is 0 Å². The number of benzene rings is 3. The van der Waals surface area contributed by atoms with Crippen LogP contribution in [0, 0.1) is 0 Å².